The third kappa shape index (κ3) is 3.80. The van der Waals surface area contributed by atoms with E-state index in [9.17, 15) is 10.1 Å². The summed E-state index contributed by atoms with van der Waals surface area (Å²) in [5.74, 6) is 1.48. The number of ether oxygens (including phenoxy) is 2. The molecule has 0 amide bonds. The van der Waals surface area contributed by atoms with E-state index in [0.717, 1.165) is 21.4 Å². The molecule has 5 rings (SSSR count). The van der Waals surface area contributed by atoms with E-state index < -0.39 is 4.92 Å². The molecule has 1 N–H and O–H groups in total. The first kappa shape index (κ1) is 19.1. The highest BCUT2D eigenvalue weighted by Gasteiger charge is 2.24. The Kier molecular flexibility index (Phi) is 4.97. The molecule has 0 aliphatic carbocycles. The van der Waals surface area contributed by atoms with Crippen molar-refractivity contribution in [3.63, 3.8) is 0 Å². The first-order chi connectivity index (χ1) is 15.2. The van der Waals surface area contributed by atoms with Crippen LogP contribution in [0.25, 0.3) is 10.9 Å². The molecule has 3 heterocycles. The van der Waals surface area contributed by atoms with Gasteiger partial charge in [0, 0.05) is 23.0 Å². The van der Waals surface area contributed by atoms with Gasteiger partial charge in [0.25, 0.3) is 0 Å². The summed E-state index contributed by atoms with van der Waals surface area (Å²) in [6.07, 6.45) is 3.01. The molecule has 0 bridgehead atoms. The summed E-state index contributed by atoms with van der Waals surface area (Å²) in [5.41, 5.74) is 1.46. The van der Waals surface area contributed by atoms with Crippen LogP contribution >= 0.6 is 11.8 Å². The summed E-state index contributed by atoms with van der Waals surface area (Å²) < 4.78 is 10.7. The number of nitrogens with one attached hydrogen (secondary N) is 1. The Bertz CT molecular complexity index is 1290. The van der Waals surface area contributed by atoms with Crippen LogP contribution in [0.3, 0.4) is 0 Å². The maximum Gasteiger partial charge on any atom is 0.343 e. The van der Waals surface area contributed by atoms with E-state index in [1.165, 1.54) is 18.1 Å². The Balaban J connectivity index is 1.44. The maximum atomic E-state index is 11.9. The highest BCUT2D eigenvalue weighted by Crippen LogP contribution is 2.39. The SMILES string of the molecule is O=[N+]([O-])c1c(NCc2ccc3c(c2)OCO3)ncnc1Sc1cccc2cccnc12. The number of hydrogen-bond donors (Lipinski definition) is 1. The minimum atomic E-state index is -0.469. The van der Waals surface area contributed by atoms with Crippen LogP contribution in [0.2, 0.25) is 0 Å². The van der Waals surface area contributed by atoms with Crippen molar-refractivity contribution in [1.82, 2.24) is 15.0 Å². The Labute approximate surface area is 180 Å². The summed E-state index contributed by atoms with van der Waals surface area (Å²) in [6, 6.07) is 15.0. The zero-order chi connectivity index (χ0) is 21.2. The fraction of sp³-hybridized carbons (Fsp3) is 0.0952. The van der Waals surface area contributed by atoms with Crippen molar-refractivity contribution < 1.29 is 14.4 Å². The molecule has 1 aliphatic heterocycles. The molecule has 31 heavy (non-hydrogen) atoms. The molecule has 0 unspecified atom stereocenters. The fourth-order valence-electron chi connectivity index (χ4n) is 3.23. The van der Waals surface area contributed by atoms with Gasteiger partial charge in [0.15, 0.2) is 16.5 Å². The minimum absolute atomic E-state index is 0.147. The molecule has 9 nitrogen and oxygen atoms in total. The molecule has 0 saturated carbocycles. The first-order valence-corrected chi connectivity index (χ1v) is 10.1. The van der Waals surface area contributed by atoms with Gasteiger partial charge in [-0.25, -0.2) is 9.97 Å². The second-order valence-corrected chi connectivity index (χ2v) is 7.64. The molecule has 0 fully saturated rings. The van der Waals surface area contributed by atoms with E-state index in [1.807, 2.05) is 48.5 Å². The van der Waals surface area contributed by atoms with Gasteiger partial charge in [-0.1, -0.05) is 36.0 Å². The summed E-state index contributed by atoms with van der Waals surface area (Å²) in [7, 11) is 0. The van der Waals surface area contributed by atoms with Crippen molar-refractivity contribution in [2.75, 3.05) is 12.1 Å². The third-order valence-corrected chi connectivity index (χ3v) is 5.71. The zero-order valence-electron chi connectivity index (χ0n) is 16.0. The second kappa shape index (κ2) is 8.07. The predicted octanol–water partition coefficient (Wildman–Crippen LogP) is 4.43. The van der Waals surface area contributed by atoms with Crippen molar-refractivity contribution in [1.29, 1.82) is 0 Å². The molecule has 4 aromatic rings. The van der Waals surface area contributed by atoms with Gasteiger partial charge in [-0.2, -0.15) is 0 Å². The largest absolute Gasteiger partial charge is 0.454 e. The number of rotatable bonds is 6. The molecule has 1 aliphatic rings. The predicted molar refractivity (Wildman–Crippen MR) is 114 cm³/mol. The van der Waals surface area contributed by atoms with Gasteiger partial charge in [-0.3, -0.25) is 15.1 Å². The van der Waals surface area contributed by atoms with Gasteiger partial charge in [-0.15, -0.1) is 0 Å². The molecule has 2 aromatic heterocycles. The van der Waals surface area contributed by atoms with Crippen LogP contribution in [0.1, 0.15) is 5.56 Å². The molecular weight excluding hydrogens is 418 g/mol. The molecule has 154 valence electrons. The van der Waals surface area contributed by atoms with E-state index in [-0.39, 0.29) is 23.3 Å². The van der Waals surface area contributed by atoms with Crippen LogP contribution in [0.15, 0.2) is 71.0 Å². The van der Waals surface area contributed by atoms with E-state index in [1.54, 1.807) is 6.20 Å². The third-order valence-electron chi connectivity index (χ3n) is 4.67. The summed E-state index contributed by atoms with van der Waals surface area (Å²) in [5, 5.41) is 16.1. The molecule has 0 atom stereocenters. The average molecular weight is 433 g/mol. The van der Waals surface area contributed by atoms with E-state index >= 15 is 0 Å². The number of para-hydroxylation sites is 1. The highest BCUT2D eigenvalue weighted by molar-refractivity contribution is 7.99. The van der Waals surface area contributed by atoms with Crippen molar-refractivity contribution >= 4 is 34.2 Å². The first-order valence-electron chi connectivity index (χ1n) is 9.32. The van der Waals surface area contributed by atoms with Crippen LogP contribution in [0, 0.1) is 10.1 Å². The van der Waals surface area contributed by atoms with Crippen molar-refractivity contribution in [2.24, 2.45) is 0 Å². The lowest BCUT2D eigenvalue weighted by atomic mass is 10.2. The molecule has 0 spiro atoms. The van der Waals surface area contributed by atoms with Crippen molar-refractivity contribution in [3.8, 4) is 11.5 Å². The van der Waals surface area contributed by atoms with Gasteiger partial charge in [0.1, 0.15) is 6.33 Å². The van der Waals surface area contributed by atoms with Gasteiger partial charge in [0.2, 0.25) is 12.6 Å². The summed E-state index contributed by atoms with van der Waals surface area (Å²) in [6.45, 7) is 0.516. The van der Waals surface area contributed by atoms with Crippen molar-refractivity contribution in [2.45, 2.75) is 16.5 Å². The Morgan fingerprint density at radius 2 is 1.94 bits per heavy atom. The van der Waals surface area contributed by atoms with Gasteiger partial charge >= 0.3 is 5.69 Å². The van der Waals surface area contributed by atoms with Crippen LogP contribution in [0.5, 0.6) is 11.5 Å². The van der Waals surface area contributed by atoms with Crippen LogP contribution < -0.4 is 14.8 Å². The number of benzene rings is 2. The lowest BCUT2D eigenvalue weighted by Crippen LogP contribution is -2.06. The molecule has 10 heteroatoms. The second-order valence-electron chi connectivity index (χ2n) is 6.61. The quantitative estimate of drug-likeness (QED) is 0.268. The molecule has 0 radical (unpaired) electrons. The number of hydrogen-bond acceptors (Lipinski definition) is 9. The van der Waals surface area contributed by atoms with Crippen LogP contribution in [0.4, 0.5) is 11.5 Å². The summed E-state index contributed by atoms with van der Waals surface area (Å²) >= 11 is 1.19. The fourth-order valence-corrected chi connectivity index (χ4v) is 4.22. The van der Waals surface area contributed by atoms with Gasteiger partial charge in [0.05, 0.1) is 10.4 Å². The minimum Gasteiger partial charge on any atom is -0.454 e. The monoisotopic (exact) mass is 433 g/mol. The number of nitrogens with zero attached hydrogens (tertiary/aromatic N) is 4. The lowest BCUT2D eigenvalue weighted by molar-refractivity contribution is -0.387. The number of nitro groups is 1. The molecule has 0 saturated heterocycles. The summed E-state index contributed by atoms with van der Waals surface area (Å²) in [4.78, 5) is 24.9. The number of anilines is 1. The Morgan fingerprint density at radius 3 is 2.84 bits per heavy atom. The van der Waals surface area contributed by atoms with E-state index in [4.69, 9.17) is 9.47 Å². The smallest absolute Gasteiger partial charge is 0.343 e. The lowest BCUT2D eigenvalue weighted by Gasteiger charge is -2.10. The number of aromatic nitrogens is 3. The average Bonchev–Trinajstić information content (AvgIpc) is 3.26. The zero-order valence-corrected chi connectivity index (χ0v) is 16.8. The molecule has 2 aromatic carbocycles. The number of pyridine rings is 1. The van der Waals surface area contributed by atoms with Crippen LogP contribution in [-0.4, -0.2) is 26.7 Å². The van der Waals surface area contributed by atoms with E-state index in [2.05, 4.69) is 20.3 Å². The highest BCUT2D eigenvalue weighted by atomic mass is 32.2. The van der Waals surface area contributed by atoms with Gasteiger partial charge < -0.3 is 14.8 Å². The van der Waals surface area contributed by atoms with Gasteiger partial charge in [-0.05, 0) is 29.8 Å². The normalized spacial score (nSPS) is 12.1. The maximum absolute atomic E-state index is 11.9. The Hall–Kier alpha value is -3.92. The van der Waals surface area contributed by atoms with E-state index in [0.29, 0.717) is 18.0 Å². The Morgan fingerprint density at radius 1 is 1.06 bits per heavy atom. The van der Waals surface area contributed by atoms with Crippen molar-refractivity contribution in [3.05, 3.63) is 76.7 Å². The number of fused-ring (bicyclic) bond motifs is 2. The standard InChI is InChI=1S/C21H15N5O4S/c27-26(28)19-20(23-10-13-6-7-15-16(9-13)30-12-29-15)24-11-25-21(19)31-17-5-1-3-14-4-2-8-22-18(14)17/h1-9,11H,10,12H2,(H,23,24,25). The molecular formula is C21H15N5O4S. The topological polar surface area (TPSA) is 112 Å². The van der Waals surface area contributed by atoms with Crippen LogP contribution in [-0.2, 0) is 6.54 Å².